The molecule has 4 aromatic rings. The van der Waals surface area contributed by atoms with E-state index < -0.39 is 10.3 Å². The number of halogens is 2. The molecule has 0 aliphatic carbocycles. The molecule has 0 atom stereocenters. The number of pyridine rings is 1. The topological polar surface area (TPSA) is 122 Å². The summed E-state index contributed by atoms with van der Waals surface area (Å²) in [5.74, 6) is 1.10. The molecule has 0 radical (unpaired) electrons. The normalized spacial score (nSPS) is 11.7. The van der Waals surface area contributed by atoms with E-state index in [2.05, 4.69) is 26.0 Å². The third-order valence-corrected chi connectivity index (χ3v) is 6.05. The van der Waals surface area contributed by atoms with Crippen molar-refractivity contribution in [3.05, 3.63) is 90.0 Å². The summed E-state index contributed by atoms with van der Waals surface area (Å²) in [5.41, 5.74) is 0.181. The van der Waals surface area contributed by atoms with Gasteiger partial charge in [-0.25, -0.2) is 9.97 Å². The molecular formula is C26H23BrClN5O5. The van der Waals surface area contributed by atoms with Crippen molar-refractivity contribution in [2.24, 2.45) is 5.10 Å². The second kappa shape index (κ2) is 10.9. The van der Waals surface area contributed by atoms with Crippen molar-refractivity contribution >= 4 is 50.3 Å². The smallest absolute Gasteiger partial charge is 0.287 e. The molecule has 0 saturated heterocycles. The summed E-state index contributed by atoms with van der Waals surface area (Å²) in [4.78, 5) is 32.4. The monoisotopic (exact) mass is 599 g/mol. The summed E-state index contributed by atoms with van der Waals surface area (Å²) >= 11 is 9.93. The predicted octanol–water partition coefficient (Wildman–Crippen LogP) is 6.49. The van der Waals surface area contributed by atoms with Crippen LogP contribution in [0.3, 0.4) is 0 Å². The summed E-state index contributed by atoms with van der Waals surface area (Å²) in [6.07, 6.45) is 2.58. The molecule has 4 rings (SSSR count). The van der Waals surface area contributed by atoms with Gasteiger partial charge in [0, 0.05) is 22.0 Å². The number of benzene rings is 2. The highest BCUT2D eigenvalue weighted by atomic mass is 79.9. The molecule has 12 heteroatoms. The van der Waals surface area contributed by atoms with Gasteiger partial charge in [0.15, 0.2) is 11.5 Å². The Morgan fingerprint density at radius 3 is 2.61 bits per heavy atom. The highest BCUT2D eigenvalue weighted by Crippen LogP contribution is 2.39. The number of nitro groups is 1. The van der Waals surface area contributed by atoms with Crippen LogP contribution < -0.4 is 15.0 Å². The Morgan fingerprint density at radius 2 is 1.97 bits per heavy atom. The van der Waals surface area contributed by atoms with Crippen molar-refractivity contribution in [2.45, 2.75) is 33.1 Å². The molecule has 0 saturated carbocycles. The minimum Gasteiger partial charge on any atom is -0.490 e. The van der Waals surface area contributed by atoms with Gasteiger partial charge in [-0.2, -0.15) is 9.78 Å². The first-order chi connectivity index (χ1) is 18.0. The van der Waals surface area contributed by atoms with Gasteiger partial charge in [-0.05, 0) is 42.8 Å². The number of hydrogen-bond donors (Lipinski definition) is 0. The molecule has 2 heterocycles. The van der Waals surface area contributed by atoms with Crippen LogP contribution in [0.5, 0.6) is 17.4 Å². The van der Waals surface area contributed by atoms with Gasteiger partial charge in [0.25, 0.3) is 11.2 Å². The van der Waals surface area contributed by atoms with Crippen molar-refractivity contribution in [3.63, 3.8) is 0 Å². The Kier molecular flexibility index (Phi) is 7.79. The number of ether oxygens (including phenoxy) is 2. The molecule has 0 fully saturated rings. The summed E-state index contributed by atoms with van der Waals surface area (Å²) in [7, 11) is 0. The van der Waals surface area contributed by atoms with Gasteiger partial charge in [0.05, 0.1) is 33.7 Å². The Hall–Kier alpha value is -3.83. The van der Waals surface area contributed by atoms with Gasteiger partial charge >= 0.3 is 0 Å². The van der Waals surface area contributed by atoms with Gasteiger partial charge < -0.3 is 9.47 Å². The maximum absolute atomic E-state index is 13.4. The van der Waals surface area contributed by atoms with Crippen LogP contribution in [-0.2, 0) is 5.41 Å². The van der Waals surface area contributed by atoms with Crippen LogP contribution in [0.2, 0.25) is 5.02 Å². The van der Waals surface area contributed by atoms with E-state index in [9.17, 15) is 14.9 Å². The van der Waals surface area contributed by atoms with Crippen molar-refractivity contribution in [3.8, 4) is 17.4 Å². The van der Waals surface area contributed by atoms with E-state index in [-0.39, 0.29) is 27.9 Å². The van der Waals surface area contributed by atoms with E-state index in [4.69, 9.17) is 26.1 Å². The van der Waals surface area contributed by atoms with Crippen LogP contribution in [0.4, 0.5) is 5.69 Å². The van der Waals surface area contributed by atoms with Gasteiger partial charge in [0.1, 0.15) is 12.0 Å². The minimum absolute atomic E-state index is 0.106. The first-order valence-corrected chi connectivity index (χ1v) is 12.7. The van der Waals surface area contributed by atoms with Crippen LogP contribution in [-0.4, -0.2) is 32.4 Å². The molecule has 38 heavy (non-hydrogen) atoms. The van der Waals surface area contributed by atoms with E-state index in [1.807, 2.05) is 26.8 Å². The Labute approximate surface area is 231 Å². The Balaban J connectivity index is 1.76. The zero-order valence-electron chi connectivity index (χ0n) is 20.9. The maximum atomic E-state index is 13.4. The van der Waals surface area contributed by atoms with Crippen molar-refractivity contribution in [1.29, 1.82) is 0 Å². The van der Waals surface area contributed by atoms with Crippen molar-refractivity contribution in [2.75, 3.05) is 6.61 Å². The predicted molar refractivity (Wildman–Crippen MR) is 149 cm³/mol. The van der Waals surface area contributed by atoms with Gasteiger partial charge in [0.2, 0.25) is 5.88 Å². The van der Waals surface area contributed by atoms with Crippen LogP contribution in [0.1, 0.15) is 39.1 Å². The lowest BCUT2D eigenvalue weighted by molar-refractivity contribution is -0.385. The summed E-state index contributed by atoms with van der Waals surface area (Å²) in [5, 5.41) is 16.0. The second-order valence-corrected chi connectivity index (χ2v) is 10.5. The van der Waals surface area contributed by atoms with Crippen molar-refractivity contribution in [1.82, 2.24) is 14.6 Å². The zero-order valence-corrected chi connectivity index (χ0v) is 23.3. The van der Waals surface area contributed by atoms with Gasteiger partial charge in [-0.3, -0.25) is 14.9 Å². The first kappa shape index (κ1) is 27.2. The van der Waals surface area contributed by atoms with E-state index in [1.54, 1.807) is 31.2 Å². The molecule has 0 spiro atoms. The Morgan fingerprint density at radius 1 is 1.21 bits per heavy atom. The second-order valence-electron chi connectivity index (χ2n) is 9.19. The standard InChI is InChI=1S/C26H23BrClN5O5/c1-5-37-21-11-15(10-19(28)23(21)38-22-9-7-17(14-29-22)33(35)36)13-30-32-24(34)18-12-16(27)6-8-20(18)31-25(32)26(2,3)4/h6-14H,5H2,1-4H3. The molecule has 2 aromatic heterocycles. The molecule has 0 amide bonds. The van der Waals surface area contributed by atoms with Gasteiger partial charge in [-0.1, -0.05) is 48.3 Å². The van der Waals surface area contributed by atoms with E-state index in [0.29, 0.717) is 34.6 Å². The lowest BCUT2D eigenvalue weighted by Gasteiger charge is -2.21. The van der Waals surface area contributed by atoms with Crippen LogP contribution in [0.25, 0.3) is 10.9 Å². The minimum atomic E-state index is -0.552. The van der Waals surface area contributed by atoms with E-state index in [1.165, 1.54) is 23.0 Å². The summed E-state index contributed by atoms with van der Waals surface area (Å²) < 4.78 is 13.6. The van der Waals surface area contributed by atoms with Gasteiger partial charge in [-0.15, -0.1) is 0 Å². The molecule has 0 aliphatic heterocycles. The van der Waals surface area contributed by atoms with Crippen LogP contribution in [0.15, 0.2) is 63.0 Å². The average Bonchev–Trinajstić information content (AvgIpc) is 2.85. The number of nitrogens with zero attached hydrogens (tertiary/aromatic N) is 5. The highest BCUT2D eigenvalue weighted by molar-refractivity contribution is 9.10. The third-order valence-electron chi connectivity index (χ3n) is 5.27. The maximum Gasteiger partial charge on any atom is 0.287 e. The average molecular weight is 601 g/mol. The van der Waals surface area contributed by atoms with E-state index in [0.717, 1.165) is 10.7 Å². The molecule has 0 N–H and O–H groups in total. The van der Waals surface area contributed by atoms with Crippen LogP contribution in [0, 0.1) is 10.1 Å². The van der Waals surface area contributed by atoms with Crippen molar-refractivity contribution < 1.29 is 14.4 Å². The van der Waals surface area contributed by atoms with E-state index >= 15 is 0 Å². The fraction of sp³-hybridized carbons (Fsp3) is 0.231. The Bertz CT molecular complexity index is 1610. The lowest BCUT2D eigenvalue weighted by Crippen LogP contribution is -2.29. The summed E-state index contributed by atoms with van der Waals surface area (Å²) in [6.45, 7) is 7.98. The molecular weight excluding hydrogens is 578 g/mol. The largest absolute Gasteiger partial charge is 0.490 e. The number of hydrogen-bond acceptors (Lipinski definition) is 8. The molecule has 0 aliphatic rings. The number of rotatable bonds is 7. The molecule has 10 nitrogen and oxygen atoms in total. The SMILES string of the molecule is CCOc1cc(C=Nn2c(C(C)(C)C)nc3ccc(Br)cc3c2=O)cc(Cl)c1Oc1ccc([N+](=O)[O-])cn1. The van der Waals surface area contributed by atoms with Crippen LogP contribution >= 0.6 is 27.5 Å². The highest BCUT2D eigenvalue weighted by Gasteiger charge is 2.23. The fourth-order valence-corrected chi connectivity index (χ4v) is 4.15. The first-order valence-electron chi connectivity index (χ1n) is 11.5. The molecule has 0 unspecified atom stereocenters. The quantitative estimate of drug-likeness (QED) is 0.135. The molecule has 2 aromatic carbocycles. The summed E-state index contributed by atoms with van der Waals surface area (Å²) in [6, 6.07) is 11.2. The lowest BCUT2D eigenvalue weighted by atomic mass is 9.95. The molecule has 0 bridgehead atoms. The number of fused-ring (bicyclic) bond motifs is 1. The number of aromatic nitrogens is 3. The zero-order chi connectivity index (χ0) is 27.6. The molecule has 196 valence electrons. The third kappa shape index (κ3) is 5.84. The fourth-order valence-electron chi connectivity index (χ4n) is 3.54.